The molecule has 0 saturated carbocycles. The molecule has 2 aromatic carbocycles. The van der Waals surface area contributed by atoms with Crippen molar-refractivity contribution in [2.45, 2.75) is 12.8 Å². The minimum absolute atomic E-state index is 0.00546. The van der Waals surface area contributed by atoms with E-state index in [-0.39, 0.29) is 37.0 Å². The Morgan fingerprint density at radius 2 is 1.32 bits per heavy atom. The monoisotopic (exact) mass is 482 g/mol. The van der Waals surface area contributed by atoms with Crippen molar-refractivity contribution in [2.75, 3.05) is 6.61 Å². The Labute approximate surface area is 188 Å². The van der Waals surface area contributed by atoms with E-state index in [0.29, 0.717) is 5.56 Å². The second-order valence-electron chi connectivity index (χ2n) is 6.93. The van der Waals surface area contributed by atoms with E-state index < -0.39 is 46.4 Å². The number of rotatable bonds is 3. The number of aliphatic hydroxyl groups is 1. The molecule has 0 aliphatic carbocycles. The predicted molar refractivity (Wildman–Crippen MR) is 117 cm³/mol. The smallest absolute Gasteiger partial charge is 0.344 e. The number of fused-ring (bicyclic) bond motifs is 2. The first-order chi connectivity index (χ1) is 14.6. The van der Waals surface area contributed by atoms with Gasteiger partial charge in [0.05, 0.1) is 44.5 Å². The normalized spacial score (nSPS) is 12.5. The SMILES string of the molecule is Cc1cc(Cl)c2oc(=O)c(C(CO)c3c(O)c4cc(Cl)cc(Cl)c4oc3=O)c(O)c2c1. The lowest BCUT2D eigenvalue weighted by Crippen LogP contribution is -2.22. The maximum atomic E-state index is 12.7. The molecule has 0 radical (unpaired) electrons. The fraction of sp³-hybridized carbons (Fsp3) is 0.143. The molecule has 1 unspecified atom stereocenters. The average Bonchev–Trinajstić information content (AvgIpc) is 2.68. The van der Waals surface area contributed by atoms with Gasteiger partial charge in [0, 0.05) is 5.02 Å². The minimum Gasteiger partial charge on any atom is -0.507 e. The molecule has 0 amide bonds. The first-order valence-electron chi connectivity index (χ1n) is 8.85. The zero-order valence-electron chi connectivity index (χ0n) is 15.7. The fourth-order valence-electron chi connectivity index (χ4n) is 3.57. The van der Waals surface area contributed by atoms with Gasteiger partial charge in [-0.1, -0.05) is 34.8 Å². The maximum Gasteiger partial charge on any atom is 0.344 e. The van der Waals surface area contributed by atoms with Crippen LogP contribution in [0.25, 0.3) is 21.9 Å². The van der Waals surface area contributed by atoms with Crippen LogP contribution in [0.2, 0.25) is 15.1 Å². The number of halogens is 3. The molecular formula is C21H13Cl3O7. The Kier molecular flexibility index (Phi) is 5.39. The Balaban J connectivity index is 2.07. The molecule has 2 heterocycles. The Morgan fingerprint density at radius 1 is 0.839 bits per heavy atom. The topological polar surface area (TPSA) is 121 Å². The second-order valence-corrected chi connectivity index (χ2v) is 8.18. The van der Waals surface area contributed by atoms with E-state index in [1.165, 1.54) is 18.2 Å². The summed E-state index contributed by atoms with van der Waals surface area (Å²) in [4.78, 5) is 25.4. The number of hydrogen-bond donors (Lipinski definition) is 3. The van der Waals surface area contributed by atoms with Crippen LogP contribution < -0.4 is 11.3 Å². The summed E-state index contributed by atoms with van der Waals surface area (Å²) >= 11 is 18.1. The van der Waals surface area contributed by atoms with Gasteiger partial charge in [-0.3, -0.25) is 0 Å². The number of hydrogen-bond acceptors (Lipinski definition) is 7. The Bertz CT molecular complexity index is 1380. The molecule has 0 fully saturated rings. The highest BCUT2D eigenvalue weighted by atomic mass is 35.5. The Morgan fingerprint density at radius 3 is 1.84 bits per heavy atom. The van der Waals surface area contributed by atoms with Crippen molar-refractivity contribution in [2.24, 2.45) is 0 Å². The molecule has 31 heavy (non-hydrogen) atoms. The molecule has 160 valence electrons. The maximum absolute atomic E-state index is 12.7. The van der Waals surface area contributed by atoms with Crippen LogP contribution in [0.4, 0.5) is 0 Å². The molecule has 7 nitrogen and oxygen atoms in total. The van der Waals surface area contributed by atoms with Gasteiger partial charge < -0.3 is 24.2 Å². The lowest BCUT2D eigenvalue weighted by Gasteiger charge is -2.17. The summed E-state index contributed by atoms with van der Waals surface area (Å²) in [7, 11) is 0. The Hall–Kier alpha value is -2.71. The summed E-state index contributed by atoms with van der Waals surface area (Å²) < 4.78 is 10.5. The van der Waals surface area contributed by atoms with Crippen molar-refractivity contribution >= 4 is 56.7 Å². The summed E-state index contributed by atoms with van der Waals surface area (Å²) in [5.41, 5.74) is -2.51. The van der Waals surface area contributed by atoms with E-state index in [4.69, 9.17) is 43.6 Å². The van der Waals surface area contributed by atoms with Gasteiger partial charge in [0.25, 0.3) is 0 Å². The van der Waals surface area contributed by atoms with Crippen LogP contribution in [-0.4, -0.2) is 21.9 Å². The molecule has 0 aliphatic rings. The zero-order chi connectivity index (χ0) is 22.6. The van der Waals surface area contributed by atoms with Crippen LogP contribution >= 0.6 is 34.8 Å². The highest BCUT2D eigenvalue weighted by Gasteiger charge is 2.31. The number of benzene rings is 2. The van der Waals surface area contributed by atoms with Crippen molar-refractivity contribution in [3.63, 3.8) is 0 Å². The van der Waals surface area contributed by atoms with Crippen molar-refractivity contribution < 1.29 is 24.2 Å². The molecule has 10 heteroatoms. The lowest BCUT2D eigenvalue weighted by atomic mass is 9.91. The molecule has 1 atom stereocenters. The van der Waals surface area contributed by atoms with Gasteiger partial charge in [-0.15, -0.1) is 0 Å². The van der Waals surface area contributed by atoms with E-state index in [9.17, 15) is 24.9 Å². The third-order valence-electron chi connectivity index (χ3n) is 4.93. The van der Waals surface area contributed by atoms with E-state index in [2.05, 4.69) is 0 Å². The van der Waals surface area contributed by atoms with E-state index in [1.54, 1.807) is 13.0 Å². The first kappa shape index (κ1) is 21.5. The number of aliphatic hydroxyl groups excluding tert-OH is 1. The molecule has 4 rings (SSSR count). The second kappa shape index (κ2) is 7.76. The van der Waals surface area contributed by atoms with Gasteiger partial charge in [-0.05, 0) is 36.8 Å². The highest BCUT2D eigenvalue weighted by molar-refractivity contribution is 6.38. The standard InChI is InChI=1S/C21H13Cl3O7/c1-7-2-9-16(26)14(20(28)30-18(9)12(23)3-7)11(6-25)15-17(27)10-4-8(22)5-13(24)19(10)31-21(15)29/h2-5,11,25-27H,6H2,1H3. The summed E-state index contributed by atoms with van der Waals surface area (Å²) in [6.45, 7) is 0.887. The van der Waals surface area contributed by atoms with E-state index >= 15 is 0 Å². The van der Waals surface area contributed by atoms with Crippen LogP contribution in [0.15, 0.2) is 42.7 Å². The lowest BCUT2D eigenvalue weighted by molar-refractivity contribution is 0.270. The van der Waals surface area contributed by atoms with Gasteiger partial charge in [0.1, 0.15) is 11.5 Å². The molecule has 4 aromatic rings. The third kappa shape index (κ3) is 3.43. The summed E-state index contributed by atoms with van der Waals surface area (Å²) in [5, 5.41) is 32.0. The van der Waals surface area contributed by atoms with Crippen LogP contribution in [-0.2, 0) is 0 Å². The van der Waals surface area contributed by atoms with Crippen LogP contribution in [0.3, 0.4) is 0 Å². The number of aromatic hydroxyl groups is 2. The minimum atomic E-state index is -1.47. The van der Waals surface area contributed by atoms with Crippen molar-refractivity contribution in [3.05, 3.63) is 76.9 Å². The van der Waals surface area contributed by atoms with E-state index in [0.717, 1.165) is 0 Å². The fourth-order valence-corrected chi connectivity index (χ4v) is 4.41. The molecule has 0 saturated heterocycles. The third-order valence-corrected chi connectivity index (χ3v) is 5.71. The zero-order valence-corrected chi connectivity index (χ0v) is 18.0. The molecular weight excluding hydrogens is 471 g/mol. The van der Waals surface area contributed by atoms with Crippen molar-refractivity contribution in [1.82, 2.24) is 0 Å². The van der Waals surface area contributed by atoms with Gasteiger partial charge in [-0.25, -0.2) is 9.59 Å². The van der Waals surface area contributed by atoms with Crippen molar-refractivity contribution in [1.29, 1.82) is 0 Å². The number of aryl methyl sites for hydroxylation is 1. The van der Waals surface area contributed by atoms with Crippen LogP contribution in [0, 0.1) is 6.92 Å². The van der Waals surface area contributed by atoms with Crippen LogP contribution in [0.5, 0.6) is 11.5 Å². The predicted octanol–water partition coefficient (Wildman–Crippen LogP) is 4.70. The molecule has 0 spiro atoms. The van der Waals surface area contributed by atoms with Gasteiger partial charge in [0.2, 0.25) is 0 Å². The quantitative estimate of drug-likeness (QED) is 0.361. The van der Waals surface area contributed by atoms with E-state index in [1.807, 2.05) is 0 Å². The average molecular weight is 484 g/mol. The van der Waals surface area contributed by atoms with Crippen LogP contribution in [0.1, 0.15) is 22.6 Å². The summed E-state index contributed by atoms with van der Waals surface area (Å²) in [6.07, 6.45) is 0. The highest BCUT2D eigenvalue weighted by Crippen LogP contribution is 2.41. The largest absolute Gasteiger partial charge is 0.507 e. The molecule has 2 aromatic heterocycles. The summed E-state index contributed by atoms with van der Waals surface area (Å²) in [5.74, 6) is -2.62. The van der Waals surface area contributed by atoms with Gasteiger partial charge in [0.15, 0.2) is 11.2 Å². The summed E-state index contributed by atoms with van der Waals surface area (Å²) in [6, 6.07) is 5.71. The first-order valence-corrected chi connectivity index (χ1v) is 9.98. The van der Waals surface area contributed by atoms with Gasteiger partial charge in [-0.2, -0.15) is 0 Å². The molecule has 0 aliphatic heterocycles. The molecule has 0 bridgehead atoms. The molecule has 3 N–H and O–H groups in total. The van der Waals surface area contributed by atoms with Gasteiger partial charge >= 0.3 is 11.3 Å². The van der Waals surface area contributed by atoms with Crippen molar-refractivity contribution in [3.8, 4) is 11.5 Å².